The average molecular weight is 481 g/mol. The summed E-state index contributed by atoms with van der Waals surface area (Å²) < 4.78 is 21.5. The van der Waals surface area contributed by atoms with Crippen molar-refractivity contribution in [2.45, 2.75) is 6.42 Å². The molecule has 0 spiro atoms. The van der Waals surface area contributed by atoms with Gasteiger partial charge in [-0.15, -0.1) is 0 Å². The predicted octanol–water partition coefficient (Wildman–Crippen LogP) is 2.82. The van der Waals surface area contributed by atoms with Gasteiger partial charge in [0, 0.05) is 0 Å². The number of nitrogens with zero attached hydrogens (tertiary/aromatic N) is 2. The molecule has 0 saturated carbocycles. The summed E-state index contributed by atoms with van der Waals surface area (Å²) in [6, 6.07) is 10.3. The smallest absolute Gasteiger partial charge is 0.249 e. The first-order valence-corrected chi connectivity index (χ1v) is 10.5. The summed E-state index contributed by atoms with van der Waals surface area (Å²) in [5.41, 5.74) is 5.91. The van der Waals surface area contributed by atoms with E-state index >= 15 is 0 Å². The fraction of sp³-hybridized carbons (Fsp3) is 0.200. The molecule has 0 unspecified atom stereocenters. The Balaban J connectivity index is 1.83. The molecule has 0 aliphatic heterocycles. The topological polar surface area (TPSA) is 120 Å². The van der Waals surface area contributed by atoms with Crippen LogP contribution in [0, 0.1) is 0 Å². The number of carbonyl (C=O) groups excluding carboxylic acids is 2. The third kappa shape index (κ3) is 9.04. The molecule has 0 saturated heterocycles. The van der Waals surface area contributed by atoms with Crippen molar-refractivity contribution >= 4 is 24.2 Å². The standard InChI is InChI=1S/C25H28N4O6/c1-5-11-34-20-9-7-18(13-22(20)32-3)16-26-28-24(30)15-25(31)29-27-17-19-8-10-21(35-12-6-2)23(14-19)33-4/h5-10,13-14,16-17H,1-2,11-12,15H2,3-4H3,(H,28,30)(H,29,31)/b26-16+,27-17+. The normalized spacial score (nSPS) is 10.6. The molecule has 184 valence electrons. The first-order chi connectivity index (χ1) is 17.0. The van der Waals surface area contributed by atoms with Gasteiger partial charge < -0.3 is 18.9 Å². The zero-order chi connectivity index (χ0) is 25.5. The molecule has 35 heavy (non-hydrogen) atoms. The Kier molecular flexibility index (Phi) is 11.1. The van der Waals surface area contributed by atoms with Crippen LogP contribution in [-0.4, -0.2) is 51.7 Å². The average Bonchev–Trinajstić information content (AvgIpc) is 2.86. The van der Waals surface area contributed by atoms with Crippen molar-refractivity contribution in [2.75, 3.05) is 27.4 Å². The molecule has 0 aliphatic carbocycles. The number of hydrazone groups is 2. The van der Waals surface area contributed by atoms with E-state index in [0.717, 1.165) is 0 Å². The van der Waals surface area contributed by atoms with Gasteiger partial charge in [-0.25, -0.2) is 10.9 Å². The molecule has 10 heteroatoms. The van der Waals surface area contributed by atoms with Gasteiger partial charge in [-0.2, -0.15) is 10.2 Å². The summed E-state index contributed by atoms with van der Waals surface area (Å²) in [6.07, 6.45) is 5.64. The van der Waals surface area contributed by atoms with Crippen LogP contribution in [-0.2, 0) is 9.59 Å². The predicted molar refractivity (Wildman–Crippen MR) is 133 cm³/mol. The molecule has 10 nitrogen and oxygen atoms in total. The lowest BCUT2D eigenvalue weighted by Gasteiger charge is -2.09. The number of rotatable bonds is 14. The van der Waals surface area contributed by atoms with Gasteiger partial charge in [-0.1, -0.05) is 25.3 Å². The van der Waals surface area contributed by atoms with Crippen molar-refractivity contribution in [1.29, 1.82) is 0 Å². The highest BCUT2D eigenvalue weighted by atomic mass is 16.5. The van der Waals surface area contributed by atoms with E-state index in [2.05, 4.69) is 34.2 Å². The van der Waals surface area contributed by atoms with Crippen molar-refractivity contribution in [3.63, 3.8) is 0 Å². The quantitative estimate of drug-likeness (QED) is 0.186. The number of amides is 2. The zero-order valence-corrected chi connectivity index (χ0v) is 19.7. The number of hydrogen-bond donors (Lipinski definition) is 2. The minimum Gasteiger partial charge on any atom is -0.493 e. The van der Waals surface area contributed by atoms with Gasteiger partial charge in [0.05, 0.1) is 26.6 Å². The van der Waals surface area contributed by atoms with Crippen LogP contribution in [0.2, 0.25) is 0 Å². The van der Waals surface area contributed by atoms with E-state index in [-0.39, 0.29) is 0 Å². The molecule has 2 aromatic rings. The highest BCUT2D eigenvalue weighted by molar-refractivity contribution is 5.97. The maximum atomic E-state index is 12.0. The van der Waals surface area contributed by atoms with Crippen LogP contribution in [0.15, 0.2) is 71.9 Å². The molecule has 0 aliphatic rings. The number of hydrogen-bond acceptors (Lipinski definition) is 8. The third-order valence-corrected chi connectivity index (χ3v) is 4.22. The minimum absolute atomic E-state index is 0.345. The third-order valence-electron chi connectivity index (χ3n) is 4.22. The van der Waals surface area contributed by atoms with Crippen molar-refractivity contribution in [3.8, 4) is 23.0 Å². The molecule has 2 aromatic carbocycles. The molecule has 2 amide bonds. The summed E-state index contributed by atoms with van der Waals surface area (Å²) in [4.78, 5) is 23.9. The second kappa shape index (κ2) is 14.5. The Morgan fingerprint density at radius 3 is 1.57 bits per heavy atom. The van der Waals surface area contributed by atoms with Gasteiger partial charge in [0.15, 0.2) is 23.0 Å². The van der Waals surface area contributed by atoms with E-state index < -0.39 is 18.2 Å². The van der Waals surface area contributed by atoms with Crippen LogP contribution < -0.4 is 29.8 Å². The van der Waals surface area contributed by atoms with Crippen molar-refractivity contribution in [2.24, 2.45) is 10.2 Å². The Morgan fingerprint density at radius 1 is 0.771 bits per heavy atom. The number of ether oxygens (including phenoxy) is 4. The highest BCUT2D eigenvalue weighted by Crippen LogP contribution is 2.28. The van der Waals surface area contributed by atoms with E-state index in [4.69, 9.17) is 18.9 Å². The molecule has 0 fully saturated rings. The molecule has 0 aromatic heterocycles. The van der Waals surface area contributed by atoms with Crippen LogP contribution in [0.4, 0.5) is 0 Å². The Labute approximate surface area is 203 Å². The second-order valence-electron chi connectivity index (χ2n) is 6.78. The van der Waals surface area contributed by atoms with Crippen LogP contribution in [0.3, 0.4) is 0 Å². The maximum Gasteiger partial charge on any atom is 0.249 e. The molecule has 2 rings (SSSR count). The SMILES string of the molecule is C=CCOc1ccc(/C=N/NC(=O)CC(=O)N/N=C/c2ccc(OCC=C)c(OC)c2)cc1OC. The number of nitrogens with one attached hydrogen (secondary N) is 2. The molecule has 2 N–H and O–H groups in total. The zero-order valence-electron chi connectivity index (χ0n) is 19.7. The highest BCUT2D eigenvalue weighted by Gasteiger charge is 2.09. The summed E-state index contributed by atoms with van der Waals surface area (Å²) in [5, 5.41) is 7.70. The van der Waals surface area contributed by atoms with E-state index in [1.54, 1.807) is 48.6 Å². The van der Waals surface area contributed by atoms with Crippen molar-refractivity contribution < 1.29 is 28.5 Å². The molecular formula is C25H28N4O6. The van der Waals surface area contributed by atoms with E-state index in [1.165, 1.54) is 26.6 Å². The van der Waals surface area contributed by atoms with E-state index in [9.17, 15) is 9.59 Å². The maximum absolute atomic E-state index is 12.0. The van der Waals surface area contributed by atoms with E-state index in [0.29, 0.717) is 47.3 Å². The lowest BCUT2D eigenvalue weighted by atomic mass is 10.2. The fourth-order valence-corrected chi connectivity index (χ4v) is 2.65. The number of carbonyl (C=O) groups is 2. The fourth-order valence-electron chi connectivity index (χ4n) is 2.65. The lowest BCUT2D eigenvalue weighted by molar-refractivity contribution is -0.129. The molecular weight excluding hydrogens is 452 g/mol. The monoisotopic (exact) mass is 480 g/mol. The number of methoxy groups -OCH3 is 2. The summed E-state index contributed by atoms with van der Waals surface area (Å²) in [6.45, 7) is 7.89. The first-order valence-electron chi connectivity index (χ1n) is 10.5. The van der Waals surface area contributed by atoms with Gasteiger partial charge in [0.1, 0.15) is 19.6 Å². The van der Waals surface area contributed by atoms with Crippen molar-refractivity contribution in [3.05, 3.63) is 72.8 Å². The summed E-state index contributed by atoms with van der Waals surface area (Å²) in [5.74, 6) is 0.934. The van der Waals surface area contributed by atoms with Crippen LogP contribution >= 0.6 is 0 Å². The van der Waals surface area contributed by atoms with E-state index in [1.807, 2.05) is 0 Å². The summed E-state index contributed by atoms with van der Waals surface area (Å²) >= 11 is 0. The van der Waals surface area contributed by atoms with Gasteiger partial charge in [0.25, 0.3) is 0 Å². The van der Waals surface area contributed by atoms with Gasteiger partial charge in [0.2, 0.25) is 11.8 Å². The second-order valence-corrected chi connectivity index (χ2v) is 6.78. The van der Waals surface area contributed by atoms with Crippen molar-refractivity contribution in [1.82, 2.24) is 10.9 Å². The lowest BCUT2D eigenvalue weighted by Crippen LogP contribution is -2.27. The number of benzene rings is 2. The largest absolute Gasteiger partial charge is 0.493 e. The molecule has 0 atom stereocenters. The van der Waals surface area contributed by atoms with Crippen LogP contribution in [0.25, 0.3) is 0 Å². The van der Waals surface area contributed by atoms with Gasteiger partial charge in [-0.3, -0.25) is 9.59 Å². The first kappa shape index (κ1) is 26.7. The Hall–Kier alpha value is -4.60. The Morgan fingerprint density at radius 2 is 1.20 bits per heavy atom. The van der Waals surface area contributed by atoms with Crippen LogP contribution in [0.1, 0.15) is 17.5 Å². The Bertz CT molecular complexity index is 1010. The van der Waals surface area contributed by atoms with Gasteiger partial charge in [-0.05, 0) is 47.5 Å². The molecule has 0 radical (unpaired) electrons. The molecule has 0 heterocycles. The van der Waals surface area contributed by atoms with Crippen LogP contribution in [0.5, 0.6) is 23.0 Å². The molecule has 0 bridgehead atoms. The minimum atomic E-state index is -0.600. The van der Waals surface area contributed by atoms with Gasteiger partial charge >= 0.3 is 0 Å². The summed E-state index contributed by atoms with van der Waals surface area (Å²) in [7, 11) is 3.04.